The number of anilines is 1. The SMILES string of the molecule is CC(=O)CC(=O)OCCN(CCC#N)c1ccc(N=Nc2c(Cl)cc([N+](=O)[O-])cc2Cl)c(C)c1. The lowest BCUT2D eigenvalue weighted by atomic mass is 10.1. The van der Waals surface area contributed by atoms with Crippen LogP contribution < -0.4 is 4.90 Å². The van der Waals surface area contributed by atoms with Gasteiger partial charge in [-0.05, 0) is 37.6 Å². The van der Waals surface area contributed by atoms with Crippen LogP contribution in [0.3, 0.4) is 0 Å². The van der Waals surface area contributed by atoms with Crippen molar-refractivity contribution in [2.24, 2.45) is 10.2 Å². The summed E-state index contributed by atoms with van der Waals surface area (Å²) in [5.41, 5.74) is 1.91. The number of nitrogens with zero attached hydrogens (tertiary/aromatic N) is 5. The van der Waals surface area contributed by atoms with Crippen molar-refractivity contribution in [3.05, 3.63) is 56.1 Å². The van der Waals surface area contributed by atoms with E-state index in [4.69, 9.17) is 33.2 Å². The molecule has 2 aromatic rings. The first kappa shape index (κ1) is 26.7. The molecule has 34 heavy (non-hydrogen) atoms. The lowest BCUT2D eigenvalue weighted by Crippen LogP contribution is -2.29. The highest BCUT2D eigenvalue weighted by Crippen LogP contribution is 2.38. The minimum absolute atomic E-state index is 0.000720. The Bertz CT molecular complexity index is 1140. The van der Waals surface area contributed by atoms with Crippen molar-refractivity contribution in [3.63, 3.8) is 0 Å². The highest BCUT2D eigenvalue weighted by molar-refractivity contribution is 6.39. The fourth-order valence-corrected chi connectivity index (χ4v) is 3.44. The van der Waals surface area contributed by atoms with Crippen LogP contribution in [0.25, 0.3) is 0 Å². The van der Waals surface area contributed by atoms with Crippen molar-refractivity contribution in [1.29, 1.82) is 5.26 Å². The highest BCUT2D eigenvalue weighted by Gasteiger charge is 2.15. The van der Waals surface area contributed by atoms with Gasteiger partial charge < -0.3 is 9.64 Å². The molecule has 0 unspecified atom stereocenters. The monoisotopic (exact) mass is 505 g/mol. The fourth-order valence-electron chi connectivity index (χ4n) is 2.88. The third kappa shape index (κ3) is 7.79. The van der Waals surface area contributed by atoms with E-state index in [9.17, 15) is 19.7 Å². The number of ether oxygens (including phenoxy) is 1. The average molecular weight is 506 g/mol. The number of hydrogen-bond donors (Lipinski definition) is 0. The summed E-state index contributed by atoms with van der Waals surface area (Å²) in [4.78, 5) is 34.8. The molecule has 0 saturated carbocycles. The molecule has 12 heteroatoms. The van der Waals surface area contributed by atoms with Gasteiger partial charge in [0.15, 0.2) is 0 Å². The Morgan fingerprint density at radius 1 is 1.18 bits per heavy atom. The molecule has 2 aromatic carbocycles. The van der Waals surface area contributed by atoms with Crippen LogP contribution in [-0.4, -0.2) is 36.4 Å². The van der Waals surface area contributed by atoms with E-state index in [1.807, 2.05) is 17.9 Å². The quantitative estimate of drug-likeness (QED) is 0.122. The molecule has 0 amide bonds. The number of hydrogen-bond acceptors (Lipinski definition) is 9. The zero-order valence-electron chi connectivity index (χ0n) is 18.5. The number of Topliss-reactive ketones (excluding diaryl/α,β-unsaturated/α-hetero) is 1. The molecule has 0 radical (unpaired) electrons. The maximum Gasteiger partial charge on any atom is 0.313 e. The van der Waals surface area contributed by atoms with E-state index in [1.165, 1.54) is 6.92 Å². The molecule has 0 N–H and O–H groups in total. The van der Waals surface area contributed by atoms with Gasteiger partial charge in [0, 0.05) is 24.4 Å². The van der Waals surface area contributed by atoms with Gasteiger partial charge in [-0.15, -0.1) is 5.11 Å². The van der Waals surface area contributed by atoms with Gasteiger partial charge in [0.2, 0.25) is 0 Å². The van der Waals surface area contributed by atoms with Gasteiger partial charge in [0.1, 0.15) is 24.5 Å². The predicted octanol–water partition coefficient (Wildman–Crippen LogP) is 5.87. The van der Waals surface area contributed by atoms with E-state index in [2.05, 4.69) is 16.3 Å². The molecule has 178 valence electrons. The number of nitro groups is 1. The van der Waals surface area contributed by atoms with Crippen LogP contribution in [0.4, 0.5) is 22.7 Å². The number of benzene rings is 2. The van der Waals surface area contributed by atoms with E-state index < -0.39 is 10.9 Å². The molecule has 0 aromatic heterocycles. The Hall–Kier alpha value is -3.55. The maximum absolute atomic E-state index is 11.6. The molecule has 0 heterocycles. The first-order valence-corrected chi connectivity index (χ1v) is 10.8. The van der Waals surface area contributed by atoms with Crippen molar-refractivity contribution in [2.75, 3.05) is 24.6 Å². The lowest BCUT2D eigenvalue weighted by Gasteiger charge is -2.24. The second kappa shape index (κ2) is 12.6. The zero-order valence-corrected chi connectivity index (χ0v) is 20.0. The van der Waals surface area contributed by atoms with Crippen molar-refractivity contribution >= 4 is 57.7 Å². The number of rotatable bonds is 11. The van der Waals surface area contributed by atoms with Crippen LogP contribution in [0.5, 0.6) is 0 Å². The van der Waals surface area contributed by atoms with Crippen LogP contribution in [0, 0.1) is 28.4 Å². The largest absolute Gasteiger partial charge is 0.463 e. The second-order valence-electron chi connectivity index (χ2n) is 7.18. The van der Waals surface area contributed by atoms with E-state index in [-0.39, 0.29) is 46.7 Å². The Labute approximate surface area is 205 Å². The molecule has 10 nitrogen and oxygen atoms in total. The molecular formula is C22H21Cl2N5O5. The number of carbonyl (C=O) groups excluding carboxylic acids is 2. The number of ketones is 1. The molecule has 0 bridgehead atoms. The number of nitro benzene ring substituents is 1. The number of azo groups is 1. The molecule has 0 atom stereocenters. The smallest absolute Gasteiger partial charge is 0.313 e. The van der Waals surface area contributed by atoms with Gasteiger partial charge in [0.25, 0.3) is 5.69 Å². The lowest BCUT2D eigenvalue weighted by molar-refractivity contribution is -0.384. The first-order valence-electron chi connectivity index (χ1n) is 10.0. The first-order chi connectivity index (χ1) is 16.1. The van der Waals surface area contributed by atoms with Crippen LogP contribution in [0.1, 0.15) is 25.3 Å². The zero-order chi connectivity index (χ0) is 25.3. The number of aryl methyl sites for hydroxylation is 1. The molecule has 0 fully saturated rings. The highest BCUT2D eigenvalue weighted by atomic mass is 35.5. The van der Waals surface area contributed by atoms with Crippen molar-refractivity contribution in [1.82, 2.24) is 0 Å². The summed E-state index contributed by atoms with van der Waals surface area (Å²) in [6.07, 6.45) is -0.0150. The molecular weight excluding hydrogens is 485 g/mol. The van der Waals surface area contributed by atoms with Crippen LogP contribution >= 0.6 is 23.2 Å². The van der Waals surface area contributed by atoms with Crippen LogP contribution in [0.15, 0.2) is 40.6 Å². The van der Waals surface area contributed by atoms with Gasteiger partial charge in [-0.2, -0.15) is 10.4 Å². The van der Waals surface area contributed by atoms with Gasteiger partial charge in [-0.1, -0.05) is 23.2 Å². The summed E-state index contributed by atoms with van der Waals surface area (Å²) in [5.74, 6) is -0.869. The van der Waals surface area contributed by atoms with Crippen molar-refractivity contribution in [3.8, 4) is 6.07 Å². The van der Waals surface area contributed by atoms with Crippen molar-refractivity contribution in [2.45, 2.75) is 26.7 Å². The molecule has 2 rings (SSSR count). The summed E-state index contributed by atoms with van der Waals surface area (Å²) in [6, 6.07) is 9.70. The topological polar surface area (TPSA) is 138 Å². The fraction of sp³-hybridized carbons (Fsp3) is 0.318. The van der Waals surface area contributed by atoms with Gasteiger partial charge >= 0.3 is 5.97 Å². The van der Waals surface area contributed by atoms with Crippen molar-refractivity contribution < 1.29 is 19.2 Å². The Morgan fingerprint density at radius 2 is 1.85 bits per heavy atom. The predicted molar refractivity (Wildman–Crippen MR) is 127 cm³/mol. The Morgan fingerprint density at radius 3 is 2.41 bits per heavy atom. The minimum Gasteiger partial charge on any atom is -0.463 e. The molecule has 0 saturated heterocycles. The maximum atomic E-state index is 11.6. The summed E-state index contributed by atoms with van der Waals surface area (Å²) in [7, 11) is 0. The average Bonchev–Trinajstić information content (AvgIpc) is 2.75. The Balaban J connectivity index is 2.17. The number of carbonyl (C=O) groups is 2. The summed E-state index contributed by atoms with van der Waals surface area (Å²) < 4.78 is 5.09. The summed E-state index contributed by atoms with van der Waals surface area (Å²) in [6.45, 7) is 3.93. The Kier molecular flexibility index (Phi) is 9.92. The van der Waals surface area contributed by atoms with Gasteiger partial charge in [0.05, 0.1) is 39.7 Å². The second-order valence-corrected chi connectivity index (χ2v) is 7.99. The van der Waals surface area contributed by atoms with E-state index >= 15 is 0 Å². The number of esters is 1. The molecule has 0 aliphatic carbocycles. The van der Waals surface area contributed by atoms with Crippen LogP contribution in [-0.2, 0) is 14.3 Å². The van der Waals surface area contributed by atoms with Crippen LogP contribution in [0.2, 0.25) is 10.0 Å². The standard InChI is InChI=1S/C22H21Cl2N5O5/c1-14-10-16(28(7-3-6-25)8-9-34-21(31)11-15(2)30)4-5-20(14)26-27-22-18(23)12-17(29(32)33)13-19(22)24/h4-5,10,12-13H,3,7-9,11H2,1-2H3. The van der Waals surface area contributed by atoms with E-state index in [1.54, 1.807) is 12.1 Å². The van der Waals surface area contributed by atoms with E-state index in [0.29, 0.717) is 18.8 Å². The molecule has 0 aliphatic rings. The summed E-state index contributed by atoms with van der Waals surface area (Å²) >= 11 is 12.1. The third-order valence-corrected chi connectivity index (χ3v) is 5.10. The number of halogens is 2. The molecule has 0 spiro atoms. The number of non-ortho nitro benzene ring substituents is 1. The summed E-state index contributed by atoms with van der Waals surface area (Å²) in [5, 5.41) is 28.1. The van der Waals surface area contributed by atoms with Gasteiger partial charge in [-0.25, -0.2) is 0 Å². The number of nitriles is 1. The normalized spacial score (nSPS) is 10.7. The van der Waals surface area contributed by atoms with Gasteiger partial charge in [-0.3, -0.25) is 19.7 Å². The molecule has 0 aliphatic heterocycles. The minimum atomic E-state index is -0.607. The third-order valence-electron chi connectivity index (χ3n) is 4.53. The van der Waals surface area contributed by atoms with E-state index in [0.717, 1.165) is 23.4 Å².